The fourth-order valence-corrected chi connectivity index (χ4v) is 10.2. The number of fused-ring (bicyclic) bond motifs is 13. The highest BCUT2D eigenvalue weighted by Gasteiger charge is 2.26. The molecule has 0 amide bonds. The van der Waals surface area contributed by atoms with Crippen molar-refractivity contribution >= 4 is 81.8 Å². The number of aromatic nitrogens is 5. The second-order valence-electron chi connectivity index (χ2n) is 16.3. The highest BCUT2D eigenvalue weighted by atomic mass is 16.3. The van der Waals surface area contributed by atoms with Gasteiger partial charge in [0.15, 0.2) is 23.1 Å². The molecule has 0 spiro atoms. The van der Waals surface area contributed by atoms with Crippen LogP contribution in [-0.2, 0) is 0 Å². The van der Waals surface area contributed by atoms with Crippen LogP contribution in [0.1, 0.15) is 0 Å². The maximum Gasteiger partial charge on any atom is 0.164 e. The molecule has 63 heavy (non-hydrogen) atoms. The van der Waals surface area contributed by atoms with E-state index >= 15 is 0 Å². The third-order valence-corrected chi connectivity index (χ3v) is 12.9. The highest BCUT2D eigenvalue weighted by molar-refractivity contribution is 6.31. The van der Waals surface area contributed by atoms with Gasteiger partial charge < -0.3 is 13.4 Å². The summed E-state index contributed by atoms with van der Waals surface area (Å²) in [4.78, 5) is 15.6. The first-order valence-corrected chi connectivity index (χ1v) is 21.3. The van der Waals surface area contributed by atoms with Crippen LogP contribution in [0.15, 0.2) is 205 Å². The Kier molecular flexibility index (Phi) is 7.02. The molecule has 292 valence electrons. The molecule has 5 heterocycles. The second kappa shape index (κ2) is 12.9. The minimum absolute atomic E-state index is 0.579. The molecule has 0 unspecified atom stereocenters. The molecule has 6 heteroatoms. The predicted molar refractivity (Wildman–Crippen MR) is 258 cm³/mol. The van der Waals surface area contributed by atoms with Crippen LogP contribution in [0.2, 0.25) is 0 Å². The van der Waals surface area contributed by atoms with Crippen LogP contribution >= 0.6 is 0 Å². The molecule has 0 bridgehead atoms. The number of furan rings is 1. The predicted octanol–water partition coefficient (Wildman–Crippen LogP) is 14.7. The Morgan fingerprint density at radius 3 is 1.67 bits per heavy atom. The molecule has 5 aromatic heterocycles. The van der Waals surface area contributed by atoms with E-state index in [0.717, 1.165) is 66.5 Å². The van der Waals surface area contributed by atoms with Crippen LogP contribution in [0, 0.1) is 0 Å². The molecule has 0 aliphatic carbocycles. The Morgan fingerprint density at radius 1 is 0.333 bits per heavy atom. The van der Waals surface area contributed by atoms with E-state index in [4.69, 9.17) is 19.4 Å². The van der Waals surface area contributed by atoms with Gasteiger partial charge in [0.05, 0.1) is 33.3 Å². The van der Waals surface area contributed by atoms with E-state index in [9.17, 15) is 0 Å². The molecule has 0 radical (unpaired) electrons. The van der Waals surface area contributed by atoms with Crippen LogP contribution in [0.5, 0.6) is 0 Å². The van der Waals surface area contributed by atoms with Gasteiger partial charge in [0.2, 0.25) is 0 Å². The number of para-hydroxylation sites is 4. The van der Waals surface area contributed by atoms with E-state index in [0.29, 0.717) is 17.5 Å². The SMILES string of the molecule is c1ccc(-c2ccc(-c3nc(-c4ccccc4)nc(-c4ccc(-n5c6ccccc6c6ccc7c(c8cccc9c%10ccccc%10n7c98)c65)c5oc6ccccc6c45)n3)cc2)cc1. The van der Waals surface area contributed by atoms with Crippen LogP contribution in [0.25, 0.3) is 133 Å². The molecule has 0 saturated heterocycles. The Bertz CT molecular complexity index is 4130. The summed E-state index contributed by atoms with van der Waals surface area (Å²) in [5.74, 6) is 1.79. The smallest absolute Gasteiger partial charge is 0.164 e. The summed E-state index contributed by atoms with van der Waals surface area (Å²) in [7, 11) is 0. The largest absolute Gasteiger partial charge is 0.454 e. The van der Waals surface area contributed by atoms with Crippen LogP contribution in [0.4, 0.5) is 0 Å². The number of hydrogen-bond donors (Lipinski definition) is 0. The third kappa shape index (κ3) is 4.86. The van der Waals surface area contributed by atoms with Crippen molar-refractivity contribution in [1.29, 1.82) is 0 Å². The van der Waals surface area contributed by atoms with Crippen LogP contribution in [-0.4, -0.2) is 23.9 Å². The first-order chi connectivity index (χ1) is 31.3. The highest BCUT2D eigenvalue weighted by Crippen LogP contribution is 2.47. The van der Waals surface area contributed by atoms with Gasteiger partial charge in [0, 0.05) is 59.8 Å². The van der Waals surface area contributed by atoms with E-state index < -0.39 is 0 Å². The van der Waals surface area contributed by atoms with E-state index in [1.54, 1.807) is 0 Å². The second-order valence-corrected chi connectivity index (χ2v) is 16.3. The van der Waals surface area contributed by atoms with Gasteiger partial charge in [-0.15, -0.1) is 0 Å². The lowest BCUT2D eigenvalue weighted by atomic mass is 10.0. The Labute approximate surface area is 359 Å². The normalized spacial score (nSPS) is 12.1. The van der Waals surface area contributed by atoms with Crippen molar-refractivity contribution in [2.45, 2.75) is 0 Å². The lowest BCUT2D eigenvalue weighted by molar-refractivity contribution is 0.666. The van der Waals surface area contributed by atoms with E-state index in [-0.39, 0.29) is 0 Å². The Morgan fingerprint density at radius 2 is 0.889 bits per heavy atom. The minimum Gasteiger partial charge on any atom is -0.454 e. The van der Waals surface area contributed by atoms with Gasteiger partial charge in [0.25, 0.3) is 0 Å². The molecule has 0 fully saturated rings. The molecule has 14 aromatic rings. The minimum atomic E-state index is 0.579. The maximum absolute atomic E-state index is 7.04. The summed E-state index contributed by atoms with van der Waals surface area (Å²) in [6, 6.07) is 70.5. The zero-order valence-corrected chi connectivity index (χ0v) is 33.7. The quantitative estimate of drug-likeness (QED) is 0.174. The average Bonchev–Trinajstić information content (AvgIpc) is 4.11. The molecular weight excluding hydrogens is 771 g/mol. The van der Waals surface area contributed by atoms with E-state index in [2.05, 4.69) is 161 Å². The summed E-state index contributed by atoms with van der Waals surface area (Å²) in [6.45, 7) is 0. The van der Waals surface area contributed by atoms with Gasteiger partial charge >= 0.3 is 0 Å². The summed E-state index contributed by atoms with van der Waals surface area (Å²) >= 11 is 0. The van der Waals surface area contributed by atoms with Crippen LogP contribution in [0.3, 0.4) is 0 Å². The molecule has 0 aliphatic rings. The summed E-state index contributed by atoms with van der Waals surface area (Å²) in [5.41, 5.74) is 13.4. The third-order valence-electron chi connectivity index (χ3n) is 12.9. The van der Waals surface area contributed by atoms with Crippen molar-refractivity contribution in [3.63, 3.8) is 0 Å². The molecule has 6 nitrogen and oxygen atoms in total. The van der Waals surface area contributed by atoms with E-state index in [1.807, 2.05) is 48.5 Å². The topological polar surface area (TPSA) is 61.2 Å². The van der Waals surface area contributed by atoms with Crippen molar-refractivity contribution in [3.8, 4) is 51.0 Å². The number of nitrogens with zero attached hydrogens (tertiary/aromatic N) is 5. The number of rotatable bonds is 5. The van der Waals surface area contributed by atoms with Gasteiger partial charge in [-0.05, 0) is 47.5 Å². The van der Waals surface area contributed by atoms with E-state index in [1.165, 1.54) is 48.9 Å². The Balaban J connectivity index is 1.06. The molecule has 0 N–H and O–H groups in total. The first-order valence-electron chi connectivity index (χ1n) is 21.3. The molecule has 0 atom stereocenters. The average molecular weight is 804 g/mol. The van der Waals surface area contributed by atoms with Gasteiger partial charge in [-0.3, -0.25) is 0 Å². The standard InChI is InChI=1S/C57H33N5O/c1-3-14-34(15-4-1)35-26-28-37(29-27-35)56-58-55(36-16-5-2-6-17-36)59-57(60-56)44-31-33-48(54-50(44)42-20-9-12-25-49(42)63-54)62-46-24-11-8-19-39(46)41-30-32-47-51(53(41)62)43-22-13-21-40-38-18-7-10-23-45(38)61(47)52(40)43/h1-33H. The molecule has 0 saturated carbocycles. The van der Waals surface area contributed by atoms with Crippen molar-refractivity contribution in [2.75, 3.05) is 0 Å². The van der Waals surface area contributed by atoms with Gasteiger partial charge in [0.1, 0.15) is 5.58 Å². The summed E-state index contributed by atoms with van der Waals surface area (Å²) in [6.07, 6.45) is 0. The van der Waals surface area contributed by atoms with Crippen molar-refractivity contribution in [1.82, 2.24) is 23.9 Å². The van der Waals surface area contributed by atoms with Crippen molar-refractivity contribution in [3.05, 3.63) is 200 Å². The van der Waals surface area contributed by atoms with Crippen LogP contribution < -0.4 is 0 Å². The molecular formula is C57H33N5O. The molecule has 9 aromatic carbocycles. The van der Waals surface area contributed by atoms with Crippen molar-refractivity contribution < 1.29 is 4.42 Å². The molecule has 14 rings (SSSR count). The van der Waals surface area contributed by atoms with Gasteiger partial charge in [-0.25, -0.2) is 15.0 Å². The first kappa shape index (κ1) is 34.1. The Hall–Kier alpha value is -8.61. The molecule has 0 aliphatic heterocycles. The lowest BCUT2D eigenvalue weighted by Gasteiger charge is -2.13. The zero-order chi connectivity index (χ0) is 41.2. The summed E-state index contributed by atoms with van der Waals surface area (Å²) < 4.78 is 11.9. The van der Waals surface area contributed by atoms with Gasteiger partial charge in [-0.2, -0.15) is 0 Å². The fourth-order valence-electron chi connectivity index (χ4n) is 10.2. The summed E-state index contributed by atoms with van der Waals surface area (Å²) in [5, 5.41) is 9.31. The number of benzene rings is 9. The van der Waals surface area contributed by atoms with Gasteiger partial charge in [-0.1, -0.05) is 164 Å². The number of hydrogen-bond acceptors (Lipinski definition) is 4. The monoisotopic (exact) mass is 803 g/mol. The van der Waals surface area contributed by atoms with Crippen molar-refractivity contribution in [2.24, 2.45) is 0 Å². The zero-order valence-electron chi connectivity index (χ0n) is 33.7. The lowest BCUT2D eigenvalue weighted by Crippen LogP contribution is -2.01. The fraction of sp³-hybridized carbons (Fsp3) is 0. The maximum atomic E-state index is 7.04.